The average molecular weight is 258 g/mol. The van der Waals surface area contributed by atoms with Gasteiger partial charge < -0.3 is 0 Å². The van der Waals surface area contributed by atoms with Crippen LogP contribution in [0.25, 0.3) is 11.1 Å². The SMILES string of the molecule is FC(F)(F)c1cc(Cl)ncc1-c1ccccc1. The molecule has 0 aliphatic heterocycles. The van der Waals surface area contributed by atoms with Gasteiger partial charge in [-0.25, -0.2) is 4.98 Å². The Balaban J connectivity index is 2.63. The van der Waals surface area contributed by atoms with Gasteiger partial charge in [0.1, 0.15) is 5.15 Å². The number of hydrogen-bond acceptors (Lipinski definition) is 1. The van der Waals surface area contributed by atoms with Crippen molar-refractivity contribution < 1.29 is 13.2 Å². The van der Waals surface area contributed by atoms with E-state index in [1.54, 1.807) is 30.3 Å². The van der Waals surface area contributed by atoms with Crippen LogP contribution in [0, 0.1) is 0 Å². The Morgan fingerprint density at radius 3 is 2.29 bits per heavy atom. The highest BCUT2D eigenvalue weighted by Crippen LogP contribution is 2.37. The molecule has 0 saturated heterocycles. The van der Waals surface area contributed by atoms with Gasteiger partial charge in [0.05, 0.1) is 5.56 Å². The molecule has 1 aromatic heterocycles. The fourth-order valence-electron chi connectivity index (χ4n) is 1.51. The third-order valence-corrected chi connectivity index (χ3v) is 2.47. The van der Waals surface area contributed by atoms with E-state index < -0.39 is 11.7 Å². The van der Waals surface area contributed by atoms with Gasteiger partial charge in [-0.1, -0.05) is 41.9 Å². The Labute approximate surface area is 101 Å². The zero-order valence-corrected chi connectivity index (χ0v) is 9.26. The first kappa shape index (κ1) is 11.9. The van der Waals surface area contributed by atoms with Crippen LogP contribution < -0.4 is 0 Å². The second-order valence-corrected chi connectivity index (χ2v) is 3.80. The molecule has 88 valence electrons. The summed E-state index contributed by atoms with van der Waals surface area (Å²) in [6.07, 6.45) is -3.31. The van der Waals surface area contributed by atoms with Gasteiger partial charge in [0, 0.05) is 11.8 Å². The number of nitrogens with zero attached hydrogens (tertiary/aromatic N) is 1. The topological polar surface area (TPSA) is 12.9 Å². The van der Waals surface area contributed by atoms with E-state index in [9.17, 15) is 13.2 Å². The third-order valence-electron chi connectivity index (χ3n) is 2.26. The van der Waals surface area contributed by atoms with Crippen LogP contribution in [-0.4, -0.2) is 4.98 Å². The normalized spacial score (nSPS) is 11.5. The first-order chi connectivity index (χ1) is 7.98. The van der Waals surface area contributed by atoms with E-state index in [0.717, 1.165) is 12.3 Å². The number of hydrogen-bond donors (Lipinski definition) is 0. The second-order valence-electron chi connectivity index (χ2n) is 3.42. The van der Waals surface area contributed by atoms with Crippen molar-refractivity contribution in [2.75, 3.05) is 0 Å². The summed E-state index contributed by atoms with van der Waals surface area (Å²) < 4.78 is 38.5. The molecule has 5 heteroatoms. The summed E-state index contributed by atoms with van der Waals surface area (Å²) in [5.41, 5.74) is -0.282. The van der Waals surface area contributed by atoms with Crippen LogP contribution >= 0.6 is 11.6 Å². The summed E-state index contributed by atoms with van der Waals surface area (Å²) in [6.45, 7) is 0. The maximum Gasteiger partial charge on any atom is 0.417 e. The molecule has 0 aliphatic carbocycles. The lowest BCUT2D eigenvalue weighted by Gasteiger charge is -2.12. The van der Waals surface area contributed by atoms with Crippen LogP contribution in [0.5, 0.6) is 0 Å². The highest BCUT2D eigenvalue weighted by molar-refractivity contribution is 6.29. The van der Waals surface area contributed by atoms with Crippen molar-refractivity contribution in [2.45, 2.75) is 6.18 Å². The fraction of sp³-hybridized carbons (Fsp3) is 0.0833. The van der Waals surface area contributed by atoms with Crippen molar-refractivity contribution in [3.63, 3.8) is 0 Å². The molecular formula is C12H7ClF3N. The number of rotatable bonds is 1. The zero-order valence-electron chi connectivity index (χ0n) is 8.50. The summed E-state index contributed by atoms with van der Waals surface area (Å²) in [5, 5.41) is -0.169. The summed E-state index contributed by atoms with van der Waals surface area (Å²) in [4.78, 5) is 3.70. The number of halogens is 4. The molecule has 1 heterocycles. The summed E-state index contributed by atoms with van der Waals surface area (Å²) in [6, 6.07) is 9.11. The Bertz CT molecular complexity index is 523. The van der Waals surface area contributed by atoms with E-state index in [4.69, 9.17) is 11.6 Å². The first-order valence-corrected chi connectivity index (χ1v) is 5.14. The lowest BCUT2D eigenvalue weighted by Crippen LogP contribution is -2.07. The number of alkyl halides is 3. The van der Waals surface area contributed by atoms with Crippen LogP contribution in [0.3, 0.4) is 0 Å². The maximum atomic E-state index is 12.8. The number of aromatic nitrogens is 1. The molecular weight excluding hydrogens is 251 g/mol. The van der Waals surface area contributed by atoms with Crippen molar-refractivity contribution in [3.05, 3.63) is 53.3 Å². The fourth-order valence-corrected chi connectivity index (χ4v) is 1.67. The molecule has 0 atom stereocenters. The van der Waals surface area contributed by atoms with E-state index in [1.165, 1.54) is 0 Å². The lowest BCUT2D eigenvalue weighted by atomic mass is 10.0. The Hall–Kier alpha value is -1.55. The van der Waals surface area contributed by atoms with E-state index in [0.29, 0.717) is 5.56 Å². The van der Waals surface area contributed by atoms with Crippen LogP contribution in [0.4, 0.5) is 13.2 Å². The Kier molecular flexibility index (Phi) is 3.07. The molecule has 0 radical (unpaired) electrons. The van der Waals surface area contributed by atoms with Crippen molar-refractivity contribution in [1.29, 1.82) is 0 Å². The van der Waals surface area contributed by atoms with Gasteiger partial charge in [-0.2, -0.15) is 13.2 Å². The third kappa shape index (κ3) is 2.58. The van der Waals surface area contributed by atoms with E-state index in [1.807, 2.05) is 0 Å². The van der Waals surface area contributed by atoms with Crippen molar-refractivity contribution in [1.82, 2.24) is 4.98 Å². The molecule has 0 unspecified atom stereocenters. The highest BCUT2D eigenvalue weighted by atomic mass is 35.5. The molecule has 2 rings (SSSR count). The molecule has 0 saturated carbocycles. The quantitative estimate of drug-likeness (QED) is 0.689. The largest absolute Gasteiger partial charge is 0.417 e. The minimum absolute atomic E-state index is 0.0301. The number of benzene rings is 1. The van der Waals surface area contributed by atoms with Gasteiger partial charge in [0.15, 0.2) is 0 Å². The summed E-state index contributed by atoms with van der Waals surface area (Å²) in [5.74, 6) is 0. The van der Waals surface area contributed by atoms with Crippen molar-refractivity contribution in [3.8, 4) is 11.1 Å². The van der Waals surface area contributed by atoms with Crippen LogP contribution in [0.15, 0.2) is 42.6 Å². The van der Waals surface area contributed by atoms with E-state index in [-0.39, 0.29) is 10.7 Å². The lowest BCUT2D eigenvalue weighted by molar-refractivity contribution is -0.137. The molecule has 0 fully saturated rings. The van der Waals surface area contributed by atoms with E-state index >= 15 is 0 Å². The Morgan fingerprint density at radius 1 is 1.06 bits per heavy atom. The minimum Gasteiger partial charge on any atom is -0.244 e. The average Bonchev–Trinajstić information content (AvgIpc) is 2.29. The zero-order chi connectivity index (χ0) is 12.5. The van der Waals surface area contributed by atoms with Gasteiger partial charge >= 0.3 is 6.18 Å². The van der Waals surface area contributed by atoms with Crippen molar-refractivity contribution >= 4 is 11.6 Å². The molecule has 2 aromatic rings. The van der Waals surface area contributed by atoms with Gasteiger partial charge in [0.2, 0.25) is 0 Å². The number of pyridine rings is 1. The molecule has 0 spiro atoms. The molecule has 0 bridgehead atoms. The first-order valence-electron chi connectivity index (χ1n) is 4.76. The summed E-state index contributed by atoms with van der Waals surface area (Å²) >= 11 is 5.50. The van der Waals surface area contributed by atoms with Gasteiger partial charge in [0.25, 0.3) is 0 Å². The molecule has 1 aromatic carbocycles. The molecule has 1 nitrogen and oxygen atoms in total. The van der Waals surface area contributed by atoms with Crippen LogP contribution in [0.1, 0.15) is 5.56 Å². The monoisotopic (exact) mass is 257 g/mol. The Morgan fingerprint density at radius 2 is 1.71 bits per heavy atom. The summed E-state index contributed by atoms with van der Waals surface area (Å²) in [7, 11) is 0. The predicted molar refractivity (Wildman–Crippen MR) is 59.7 cm³/mol. The predicted octanol–water partition coefficient (Wildman–Crippen LogP) is 4.42. The second kappa shape index (κ2) is 4.37. The standard InChI is InChI=1S/C12H7ClF3N/c13-11-6-10(12(14,15)16)9(7-17-11)8-4-2-1-3-5-8/h1-7H. The minimum atomic E-state index is -4.45. The highest BCUT2D eigenvalue weighted by Gasteiger charge is 2.34. The molecule has 0 amide bonds. The van der Waals surface area contributed by atoms with Crippen LogP contribution in [-0.2, 0) is 6.18 Å². The molecule has 0 N–H and O–H groups in total. The van der Waals surface area contributed by atoms with Gasteiger partial charge in [-0.05, 0) is 11.6 Å². The smallest absolute Gasteiger partial charge is 0.244 e. The molecule has 0 aliphatic rings. The van der Waals surface area contributed by atoms with Gasteiger partial charge in [-0.15, -0.1) is 0 Å². The van der Waals surface area contributed by atoms with E-state index in [2.05, 4.69) is 4.98 Å². The van der Waals surface area contributed by atoms with Crippen LogP contribution in [0.2, 0.25) is 5.15 Å². The maximum absolute atomic E-state index is 12.8. The molecule has 17 heavy (non-hydrogen) atoms. The van der Waals surface area contributed by atoms with Crippen molar-refractivity contribution in [2.24, 2.45) is 0 Å². The van der Waals surface area contributed by atoms with Gasteiger partial charge in [-0.3, -0.25) is 0 Å².